The Hall–Kier alpha value is -0.930. The Morgan fingerprint density at radius 3 is 3.06 bits per heavy atom. The fourth-order valence-corrected chi connectivity index (χ4v) is 3.10. The Balaban J connectivity index is 1.98. The molecule has 3 unspecified atom stereocenters. The van der Waals surface area contributed by atoms with Crippen molar-refractivity contribution in [3.63, 3.8) is 0 Å². The number of halogens is 1. The molecule has 2 bridgehead atoms. The van der Waals surface area contributed by atoms with Gasteiger partial charge in [-0.1, -0.05) is 12.1 Å². The molecule has 0 aromatic heterocycles. The maximum absolute atomic E-state index is 13.2. The molecule has 2 heterocycles. The second-order valence-electron chi connectivity index (χ2n) is 4.97. The summed E-state index contributed by atoms with van der Waals surface area (Å²) >= 11 is 0. The van der Waals surface area contributed by atoms with Crippen molar-refractivity contribution < 1.29 is 9.50 Å². The molecule has 2 nitrogen and oxygen atoms in total. The second kappa shape index (κ2) is 3.54. The highest BCUT2D eigenvalue weighted by atomic mass is 19.1. The molecule has 3 rings (SSSR count). The first-order valence-corrected chi connectivity index (χ1v) is 5.89. The molecule has 1 N–H and O–H groups in total. The number of nitrogens with zero attached hydrogens (tertiary/aromatic N) is 1. The van der Waals surface area contributed by atoms with E-state index >= 15 is 0 Å². The van der Waals surface area contributed by atoms with E-state index in [1.807, 2.05) is 6.07 Å². The molecule has 0 amide bonds. The van der Waals surface area contributed by atoms with Crippen molar-refractivity contribution in [2.24, 2.45) is 5.92 Å². The predicted molar refractivity (Wildman–Crippen MR) is 59.5 cm³/mol. The number of hydrogen-bond acceptors (Lipinski definition) is 2. The van der Waals surface area contributed by atoms with Crippen molar-refractivity contribution in [2.75, 3.05) is 19.6 Å². The number of benzene rings is 1. The van der Waals surface area contributed by atoms with Gasteiger partial charge in [0.05, 0.1) is 5.60 Å². The van der Waals surface area contributed by atoms with E-state index in [1.54, 1.807) is 6.07 Å². The summed E-state index contributed by atoms with van der Waals surface area (Å²) < 4.78 is 13.2. The Morgan fingerprint density at radius 1 is 1.38 bits per heavy atom. The lowest BCUT2D eigenvalue weighted by atomic mass is 9.77. The van der Waals surface area contributed by atoms with Gasteiger partial charge in [0, 0.05) is 19.0 Å². The third-order valence-electron chi connectivity index (χ3n) is 4.08. The summed E-state index contributed by atoms with van der Waals surface area (Å²) in [5.74, 6) is 0.00871. The topological polar surface area (TPSA) is 23.5 Å². The van der Waals surface area contributed by atoms with Gasteiger partial charge in [0.15, 0.2) is 0 Å². The molecule has 1 aromatic carbocycles. The Labute approximate surface area is 94.7 Å². The van der Waals surface area contributed by atoms with Crippen molar-refractivity contribution in [1.29, 1.82) is 0 Å². The minimum Gasteiger partial charge on any atom is -0.385 e. The van der Waals surface area contributed by atoms with Crippen LogP contribution in [0.1, 0.15) is 18.4 Å². The lowest BCUT2D eigenvalue weighted by Crippen LogP contribution is -2.44. The van der Waals surface area contributed by atoms with E-state index in [0.29, 0.717) is 0 Å². The van der Waals surface area contributed by atoms with Crippen LogP contribution < -0.4 is 0 Å². The highest BCUT2D eigenvalue weighted by Crippen LogP contribution is 2.42. The summed E-state index contributed by atoms with van der Waals surface area (Å²) in [5, 5.41) is 10.8. The first-order valence-electron chi connectivity index (χ1n) is 5.89. The van der Waals surface area contributed by atoms with Crippen LogP contribution in [0.3, 0.4) is 0 Å². The zero-order valence-electron chi connectivity index (χ0n) is 9.19. The molecule has 0 radical (unpaired) electrons. The quantitative estimate of drug-likeness (QED) is 0.780. The van der Waals surface area contributed by atoms with Gasteiger partial charge in [0.1, 0.15) is 5.82 Å². The first-order chi connectivity index (χ1) is 7.68. The molecule has 16 heavy (non-hydrogen) atoms. The fraction of sp³-hybridized carbons (Fsp3) is 0.538. The molecule has 1 aromatic rings. The maximum atomic E-state index is 13.2. The minimum atomic E-state index is -0.810. The van der Waals surface area contributed by atoms with E-state index in [1.165, 1.54) is 12.1 Å². The first kappa shape index (κ1) is 10.2. The van der Waals surface area contributed by atoms with Gasteiger partial charge >= 0.3 is 0 Å². The van der Waals surface area contributed by atoms with Crippen LogP contribution in [-0.2, 0) is 5.60 Å². The van der Waals surface area contributed by atoms with Crippen LogP contribution in [0, 0.1) is 11.7 Å². The summed E-state index contributed by atoms with van der Waals surface area (Å²) in [7, 11) is 0. The van der Waals surface area contributed by atoms with E-state index in [-0.39, 0.29) is 11.7 Å². The standard InChI is InChI=1S/C13H16FNO/c14-12-3-1-2-10(8-12)13(16)5-7-15-6-4-11(13)9-15/h1-3,8,11,16H,4-7,9H2. The van der Waals surface area contributed by atoms with Crippen molar-refractivity contribution in [3.8, 4) is 0 Å². The van der Waals surface area contributed by atoms with E-state index in [0.717, 1.165) is 38.0 Å². The van der Waals surface area contributed by atoms with Crippen LogP contribution in [0.5, 0.6) is 0 Å². The minimum absolute atomic E-state index is 0.258. The third kappa shape index (κ3) is 1.46. The SMILES string of the molecule is OC1(c2cccc(F)c2)CCN2CCC1C2. The number of fused-ring (bicyclic) bond motifs is 2. The number of rotatable bonds is 1. The van der Waals surface area contributed by atoms with Crippen molar-refractivity contribution >= 4 is 0 Å². The molecule has 2 saturated heterocycles. The Morgan fingerprint density at radius 2 is 2.25 bits per heavy atom. The molecule has 0 aliphatic carbocycles. The lowest BCUT2D eigenvalue weighted by Gasteiger charge is -2.39. The second-order valence-corrected chi connectivity index (χ2v) is 4.97. The van der Waals surface area contributed by atoms with Gasteiger partial charge < -0.3 is 10.0 Å². The Kier molecular flexibility index (Phi) is 2.26. The van der Waals surface area contributed by atoms with Crippen LogP contribution in [-0.4, -0.2) is 29.6 Å². The van der Waals surface area contributed by atoms with Crippen LogP contribution in [0.4, 0.5) is 4.39 Å². The van der Waals surface area contributed by atoms with Gasteiger partial charge in [-0.05, 0) is 37.1 Å². The van der Waals surface area contributed by atoms with Crippen LogP contribution in [0.15, 0.2) is 24.3 Å². The zero-order valence-corrected chi connectivity index (χ0v) is 9.19. The molecule has 0 spiro atoms. The van der Waals surface area contributed by atoms with Crippen molar-refractivity contribution in [1.82, 2.24) is 4.90 Å². The fourth-order valence-electron chi connectivity index (χ4n) is 3.10. The van der Waals surface area contributed by atoms with E-state index in [4.69, 9.17) is 0 Å². The summed E-state index contributed by atoms with van der Waals surface area (Å²) in [6.07, 6.45) is 1.74. The molecule has 2 fully saturated rings. The van der Waals surface area contributed by atoms with Gasteiger partial charge in [-0.15, -0.1) is 0 Å². The third-order valence-corrected chi connectivity index (χ3v) is 4.08. The summed E-state index contributed by atoms with van der Waals surface area (Å²) in [4.78, 5) is 2.37. The van der Waals surface area contributed by atoms with Crippen molar-refractivity contribution in [2.45, 2.75) is 18.4 Å². The normalized spacial score (nSPS) is 37.6. The molecule has 3 heteroatoms. The lowest BCUT2D eigenvalue weighted by molar-refractivity contribution is -0.0504. The number of aliphatic hydroxyl groups is 1. The molecule has 0 saturated carbocycles. The summed E-state index contributed by atoms with van der Waals surface area (Å²) in [6, 6.07) is 6.44. The molecular formula is C13H16FNO. The van der Waals surface area contributed by atoms with Gasteiger partial charge in [-0.25, -0.2) is 4.39 Å². The molecule has 2 aliphatic rings. The summed E-state index contributed by atoms with van der Waals surface area (Å²) in [5.41, 5.74) is -0.0613. The van der Waals surface area contributed by atoms with Gasteiger partial charge in [0.25, 0.3) is 0 Å². The highest BCUT2D eigenvalue weighted by Gasteiger charge is 2.45. The summed E-state index contributed by atoms with van der Waals surface area (Å²) in [6.45, 7) is 2.94. The molecule has 3 atom stereocenters. The van der Waals surface area contributed by atoms with E-state index in [2.05, 4.69) is 4.90 Å². The predicted octanol–water partition coefficient (Wildman–Crippen LogP) is 1.74. The van der Waals surface area contributed by atoms with Gasteiger partial charge in [-0.2, -0.15) is 0 Å². The average molecular weight is 221 g/mol. The average Bonchev–Trinajstić information content (AvgIpc) is 2.69. The molecule has 86 valence electrons. The Bertz CT molecular complexity index is 409. The van der Waals surface area contributed by atoms with Crippen LogP contribution >= 0.6 is 0 Å². The van der Waals surface area contributed by atoms with Crippen molar-refractivity contribution in [3.05, 3.63) is 35.6 Å². The van der Waals surface area contributed by atoms with E-state index < -0.39 is 5.60 Å². The number of piperidine rings is 1. The largest absolute Gasteiger partial charge is 0.385 e. The molecule has 2 aliphatic heterocycles. The highest BCUT2D eigenvalue weighted by molar-refractivity contribution is 5.26. The monoisotopic (exact) mass is 221 g/mol. The smallest absolute Gasteiger partial charge is 0.123 e. The van der Waals surface area contributed by atoms with Crippen LogP contribution in [0.25, 0.3) is 0 Å². The van der Waals surface area contributed by atoms with Gasteiger partial charge in [-0.3, -0.25) is 0 Å². The van der Waals surface area contributed by atoms with Crippen LogP contribution in [0.2, 0.25) is 0 Å². The number of hydrogen-bond donors (Lipinski definition) is 1. The van der Waals surface area contributed by atoms with Gasteiger partial charge in [0.2, 0.25) is 0 Å². The molecular weight excluding hydrogens is 205 g/mol. The zero-order chi connectivity index (χ0) is 11.2. The van der Waals surface area contributed by atoms with E-state index in [9.17, 15) is 9.50 Å². The maximum Gasteiger partial charge on any atom is 0.123 e.